The highest BCUT2D eigenvalue weighted by atomic mass is 16.5. The average molecular weight is 374 g/mol. The Hall–Kier alpha value is -3.25. The summed E-state index contributed by atoms with van der Waals surface area (Å²) in [7, 11) is 0. The molecule has 1 aromatic heterocycles. The number of carbonyl (C=O) groups excluding carboxylic acids is 1. The Labute approximate surface area is 164 Å². The Morgan fingerprint density at radius 1 is 1.11 bits per heavy atom. The number of amides is 1. The molecule has 4 rings (SSSR count). The van der Waals surface area contributed by atoms with Crippen molar-refractivity contribution in [3.8, 4) is 0 Å². The molecule has 0 radical (unpaired) electrons. The number of nitrogens with zero attached hydrogens (tertiary/aromatic N) is 4. The molecule has 1 atom stereocenters. The van der Waals surface area contributed by atoms with Gasteiger partial charge < -0.3 is 9.64 Å². The van der Waals surface area contributed by atoms with Crippen molar-refractivity contribution in [1.82, 2.24) is 19.9 Å². The summed E-state index contributed by atoms with van der Waals surface area (Å²) in [6, 6.07) is 20.1. The molecule has 0 N–H and O–H groups in total. The van der Waals surface area contributed by atoms with E-state index in [9.17, 15) is 4.79 Å². The van der Waals surface area contributed by atoms with Crippen molar-refractivity contribution in [2.45, 2.75) is 12.6 Å². The Morgan fingerprint density at radius 2 is 1.86 bits per heavy atom. The molecule has 0 bridgehead atoms. The van der Waals surface area contributed by atoms with Gasteiger partial charge in [0.25, 0.3) is 0 Å². The molecule has 6 heteroatoms. The molecule has 3 aromatic rings. The lowest BCUT2D eigenvalue weighted by molar-refractivity contribution is -0.133. The SMILES string of the molecule is O=C(/C=C\c1cn(Cc2ccccc2)nn1)N1CCO[C@@H](c2ccccc2)C1. The van der Waals surface area contributed by atoms with Crippen LogP contribution < -0.4 is 0 Å². The fourth-order valence-electron chi connectivity index (χ4n) is 3.22. The summed E-state index contributed by atoms with van der Waals surface area (Å²) in [5.41, 5.74) is 2.91. The van der Waals surface area contributed by atoms with Crippen molar-refractivity contribution in [2.24, 2.45) is 0 Å². The molecular weight excluding hydrogens is 352 g/mol. The lowest BCUT2D eigenvalue weighted by Crippen LogP contribution is -2.41. The largest absolute Gasteiger partial charge is 0.370 e. The van der Waals surface area contributed by atoms with Crippen LogP contribution in [-0.4, -0.2) is 45.5 Å². The summed E-state index contributed by atoms with van der Waals surface area (Å²) >= 11 is 0. The maximum absolute atomic E-state index is 12.6. The first-order valence-corrected chi connectivity index (χ1v) is 9.35. The molecule has 1 fully saturated rings. The molecule has 0 spiro atoms. The predicted octanol–water partition coefficient (Wildman–Crippen LogP) is 2.94. The van der Waals surface area contributed by atoms with E-state index in [-0.39, 0.29) is 12.0 Å². The second kappa shape index (κ2) is 8.63. The molecule has 1 saturated heterocycles. The third kappa shape index (κ3) is 4.53. The van der Waals surface area contributed by atoms with Crippen LogP contribution in [-0.2, 0) is 16.1 Å². The van der Waals surface area contributed by atoms with Crippen LogP contribution in [0.5, 0.6) is 0 Å². The van der Waals surface area contributed by atoms with Gasteiger partial charge in [-0.1, -0.05) is 65.9 Å². The highest BCUT2D eigenvalue weighted by Gasteiger charge is 2.24. The first kappa shape index (κ1) is 18.1. The Morgan fingerprint density at radius 3 is 2.64 bits per heavy atom. The van der Waals surface area contributed by atoms with Crippen molar-refractivity contribution in [1.29, 1.82) is 0 Å². The molecule has 6 nitrogen and oxygen atoms in total. The molecule has 0 aliphatic carbocycles. The molecule has 0 saturated carbocycles. The van der Waals surface area contributed by atoms with Gasteiger partial charge in [0.15, 0.2) is 0 Å². The summed E-state index contributed by atoms with van der Waals surface area (Å²) < 4.78 is 7.59. The molecule has 28 heavy (non-hydrogen) atoms. The third-order valence-electron chi connectivity index (χ3n) is 4.69. The van der Waals surface area contributed by atoms with E-state index in [1.807, 2.05) is 71.8 Å². The predicted molar refractivity (Wildman–Crippen MR) is 106 cm³/mol. The van der Waals surface area contributed by atoms with E-state index in [0.717, 1.165) is 11.1 Å². The van der Waals surface area contributed by atoms with Gasteiger partial charge in [-0.05, 0) is 17.2 Å². The normalized spacial score (nSPS) is 17.1. The second-order valence-corrected chi connectivity index (χ2v) is 6.71. The molecule has 1 aliphatic rings. The number of aromatic nitrogens is 3. The fraction of sp³-hybridized carbons (Fsp3) is 0.227. The van der Waals surface area contributed by atoms with Gasteiger partial charge in [-0.2, -0.15) is 0 Å². The van der Waals surface area contributed by atoms with Gasteiger partial charge in [0.05, 0.1) is 25.9 Å². The van der Waals surface area contributed by atoms with Gasteiger partial charge in [-0.15, -0.1) is 5.10 Å². The minimum Gasteiger partial charge on any atom is -0.370 e. The Kier molecular flexibility index (Phi) is 5.58. The van der Waals surface area contributed by atoms with Crippen LogP contribution in [0.25, 0.3) is 6.08 Å². The molecular formula is C22H22N4O2. The highest BCUT2D eigenvalue weighted by molar-refractivity contribution is 5.91. The van der Waals surface area contributed by atoms with Gasteiger partial charge in [0.1, 0.15) is 11.8 Å². The van der Waals surface area contributed by atoms with Crippen molar-refractivity contribution in [2.75, 3.05) is 19.7 Å². The molecule has 2 heterocycles. The van der Waals surface area contributed by atoms with E-state index >= 15 is 0 Å². The number of ether oxygens (including phenoxy) is 1. The summed E-state index contributed by atoms with van der Waals surface area (Å²) in [4.78, 5) is 14.4. The van der Waals surface area contributed by atoms with Crippen molar-refractivity contribution < 1.29 is 9.53 Å². The first-order valence-electron chi connectivity index (χ1n) is 9.35. The number of morpholine rings is 1. The van der Waals surface area contributed by atoms with E-state index in [1.54, 1.807) is 16.8 Å². The summed E-state index contributed by atoms with van der Waals surface area (Å²) in [5, 5.41) is 8.25. The second-order valence-electron chi connectivity index (χ2n) is 6.71. The van der Waals surface area contributed by atoms with Crippen LogP contribution in [0, 0.1) is 0 Å². The fourth-order valence-corrected chi connectivity index (χ4v) is 3.22. The zero-order valence-electron chi connectivity index (χ0n) is 15.5. The van der Waals surface area contributed by atoms with Crippen molar-refractivity contribution in [3.63, 3.8) is 0 Å². The van der Waals surface area contributed by atoms with E-state index in [0.29, 0.717) is 31.9 Å². The van der Waals surface area contributed by atoms with Crippen LogP contribution in [0.2, 0.25) is 0 Å². The number of rotatable bonds is 5. The van der Waals surface area contributed by atoms with Crippen LogP contribution in [0.15, 0.2) is 72.9 Å². The zero-order valence-corrected chi connectivity index (χ0v) is 15.5. The Balaban J connectivity index is 1.36. The third-order valence-corrected chi connectivity index (χ3v) is 4.69. The monoisotopic (exact) mass is 374 g/mol. The first-order chi connectivity index (χ1) is 13.8. The van der Waals surface area contributed by atoms with Crippen LogP contribution in [0.1, 0.15) is 22.9 Å². The van der Waals surface area contributed by atoms with Gasteiger partial charge in [0.2, 0.25) is 5.91 Å². The highest BCUT2D eigenvalue weighted by Crippen LogP contribution is 2.22. The lowest BCUT2D eigenvalue weighted by atomic mass is 10.1. The van der Waals surface area contributed by atoms with Crippen LogP contribution >= 0.6 is 0 Å². The smallest absolute Gasteiger partial charge is 0.246 e. The maximum Gasteiger partial charge on any atom is 0.246 e. The van der Waals surface area contributed by atoms with E-state index in [4.69, 9.17) is 4.74 Å². The Bertz CT molecular complexity index is 937. The topological polar surface area (TPSA) is 60.2 Å². The van der Waals surface area contributed by atoms with E-state index < -0.39 is 0 Å². The molecule has 0 unspecified atom stereocenters. The van der Waals surface area contributed by atoms with Crippen LogP contribution in [0.3, 0.4) is 0 Å². The minimum absolute atomic E-state index is 0.0400. The minimum atomic E-state index is -0.0842. The summed E-state index contributed by atoms with van der Waals surface area (Å²) in [6.07, 6.45) is 5.02. The zero-order chi connectivity index (χ0) is 19.2. The number of hydrogen-bond acceptors (Lipinski definition) is 4. The van der Waals surface area contributed by atoms with Gasteiger partial charge in [-0.3, -0.25) is 4.79 Å². The molecule has 1 aliphatic heterocycles. The summed E-state index contributed by atoms with van der Waals surface area (Å²) in [6.45, 7) is 2.32. The number of hydrogen-bond donors (Lipinski definition) is 0. The van der Waals surface area contributed by atoms with Gasteiger partial charge >= 0.3 is 0 Å². The van der Waals surface area contributed by atoms with Crippen molar-refractivity contribution >= 4 is 12.0 Å². The molecule has 2 aromatic carbocycles. The maximum atomic E-state index is 12.6. The average Bonchev–Trinajstić information content (AvgIpc) is 3.21. The standard InChI is InChI=1S/C22H22N4O2/c27-22(25-13-14-28-21(17-25)19-9-5-2-6-10-19)12-11-20-16-26(24-23-20)15-18-7-3-1-4-8-18/h1-12,16,21H,13-15,17H2/b12-11-/t21-/m1/s1. The molecule has 1 amide bonds. The lowest BCUT2D eigenvalue weighted by Gasteiger charge is -2.32. The van der Waals surface area contributed by atoms with E-state index in [2.05, 4.69) is 10.3 Å². The van der Waals surface area contributed by atoms with Gasteiger partial charge in [0, 0.05) is 12.6 Å². The quantitative estimate of drug-likeness (QED) is 0.644. The molecule has 142 valence electrons. The van der Waals surface area contributed by atoms with Crippen molar-refractivity contribution in [3.05, 3.63) is 89.8 Å². The van der Waals surface area contributed by atoms with Gasteiger partial charge in [-0.25, -0.2) is 4.68 Å². The summed E-state index contributed by atoms with van der Waals surface area (Å²) in [5.74, 6) is -0.0400. The van der Waals surface area contributed by atoms with E-state index in [1.165, 1.54) is 0 Å². The van der Waals surface area contributed by atoms with Crippen LogP contribution in [0.4, 0.5) is 0 Å². The number of benzene rings is 2. The number of carbonyl (C=O) groups is 1.